The monoisotopic (exact) mass is 290 g/mol. The number of hydrogen-bond donors (Lipinski definition) is 3. The summed E-state index contributed by atoms with van der Waals surface area (Å²) >= 11 is 0. The smallest absolute Gasteiger partial charge is 0.323 e. The van der Waals surface area contributed by atoms with Crippen LogP contribution in [0, 0.1) is 0 Å². The third-order valence-corrected chi connectivity index (χ3v) is 3.00. The Morgan fingerprint density at radius 2 is 1.90 bits per heavy atom. The number of rotatable bonds is 7. The summed E-state index contributed by atoms with van der Waals surface area (Å²) in [5, 5.41) is 19.8. The highest BCUT2D eigenvalue weighted by Crippen LogP contribution is 2.21. The highest BCUT2D eigenvalue weighted by Gasteiger charge is 2.35. The summed E-state index contributed by atoms with van der Waals surface area (Å²) in [6.07, 6.45) is 0.599. The van der Waals surface area contributed by atoms with E-state index >= 15 is 0 Å². The minimum absolute atomic E-state index is 0.123. The van der Waals surface area contributed by atoms with E-state index in [4.69, 9.17) is 19.7 Å². The second-order valence-electron chi connectivity index (χ2n) is 4.49. The summed E-state index contributed by atoms with van der Waals surface area (Å²) in [5.41, 5.74) is -0.645. The average Bonchev–Trinajstić information content (AvgIpc) is 2.83. The Morgan fingerprint density at radius 3 is 2.30 bits per heavy atom. The van der Waals surface area contributed by atoms with E-state index in [1.54, 1.807) is 0 Å². The number of carboxylic acids is 2. The molecule has 114 valence electrons. The zero-order valence-corrected chi connectivity index (χ0v) is 11.1. The molecule has 0 aromatic rings. The molecule has 0 aromatic carbocycles. The molecule has 1 rings (SSSR count). The maximum atomic E-state index is 11.8. The fraction of sp³-hybridized carbons (Fsp3) is 0.727. The summed E-state index contributed by atoms with van der Waals surface area (Å²) in [5.74, 6) is -2.57. The quantitative estimate of drug-likeness (QED) is 0.547. The summed E-state index contributed by atoms with van der Waals surface area (Å²) in [6.45, 7) is -0.416. The van der Waals surface area contributed by atoms with Gasteiger partial charge in [0.2, 0.25) is 0 Å². The van der Waals surface area contributed by atoms with Gasteiger partial charge in [0.1, 0.15) is 18.7 Å². The maximum Gasteiger partial charge on any atom is 0.323 e. The van der Waals surface area contributed by atoms with Gasteiger partial charge in [0.15, 0.2) is 0 Å². The van der Waals surface area contributed by atoms with Gasteiger partial charge >= 0.3 is 18.0 Å². The minimum atomic E-state index is -1.29. The van der Waals surface area contributed by atoms with Crippen LogP contribution in [0.1, 0.15) is 6.42 Å². The van der Waals surface area contributed by atoms with Gasteiger partial charge in [0.05, 0.1) is 13.2 Å². The Balaban J connectivity index is 2.56. The van der Waals surface area contributed by atoms with Crippen LogP contribution in [0.15, 0.2) is 0 Å². The van der Waals surface area contributed by atoms with Crippen LogP contribution in [0.25, 0.3) is 0 Å². The fourth-order valence-corrected chi connectivity index (χ4v) is 1.84. The molecule has 0 spiro atoms. The number of carboxylic acid groups (broad SMARTS) is 2. The topological polar surface area (TPSA) is 125 Å². The van der Waals surface area contributed by atoms with Crippen molar-refractivity contribution in [2.45, 2.75) is 12.0 Å². The minimum Gasteiger partial charge on any atom is -0.480 e. The molecule has 1 fully saturated rings. The largest absolute Gasteiger partial charge is 0.480 e. The van der Waals surface area contributed by atoms with Crippen molar-refractivity contribution in [3.05, 3.63) is 0 Å². The number of carbonyl (C=O) groups is 3. The molecule has 9 heteroatoms. The lowest BCUT2D eigenvalue weighted by Gasteiger charge is -2.27. The second-order valence-corrected chi connectivity index (χ2v) is 4.49. The number of nitrogens with one attached hydrogen (secondary N) is 1. The van der Waals surface area contributed by atoms with Gasteiger partial charge in [-0.15, -0.1) is 0 Å². The van der Waals surface area contributed by atoms with Gasteiger partial charge in [-0.2, -0.15) is 0 Å². The third kappa shape index (κ3) is 4.67. The molecule has 3 N–H and O–H groups in total. The highest BCUT2D eigenvalue weighted by molar-refractivity contribution is 5.84. The lowest BCUT2D eigenvalue weighted by atomic mass is 10.0. The van der Waals surface area contributed by atoms with E-state index in [0.29, 0.717) is 24.5 Å². The van der Waals surface area contributed by atoms with Crippen molar-refractivity contribution in [1.29, 1.82) is 0 Å². The van der Waals surface area contributed by atoms with Crippen molar-refractivity contribution >= 4 is 18.0 Å². The Bertz CT molecular complexity index is 363. The number of carbonyl (C=O) groups excluding carboxylic acids is 1. The Labute approximate surface area is 115 Å². The molecule has 1 saturated heterocycles. The Hall–Kier alpha value is -1.87. The standard InChI is InChI=1S/C11H18N2O7/c1-19-11(2-3-20-7-11)6-12-10(18)13(4-8(14)15)5-9(16)17/h2-7H2,1H3,(H,12,18)(H,14,15)(H,16,17). The van der Waals surface area contributed by atoms with Crippen LogP contribution >= 0.6 is 0 Å². The predicted molar refractivity (Wildman–Crippen MR) is 65.4 cm³/mol. The lowest BCUT2D eigenvalue weighted by molar-refractivity contribution is -0.140. The first kappa shape index (κ1) is 16.2. The number of methoxy groups -OCH3 is 1. The van der Waals surface area contributed by atoms with Crippen LogP contribution in [-0.4, -0.2) is 78.6 Å². The van der Waals surface area contributed by atoms with Gasteiger partial charge in [-0.3, -0.25) is 9.59 Å². The molecule has 2 amide bonds. The van der Waals surface area contributed by atoms with Crippen molar-refractivity contribution in [2.75, 3.05) is 40.0 Å². The number of aliphatic carboxylic acids is 2. The second kappa shape index (κ2) is 7.06. The molecule has 0 aromatic heterocycles. The first-order valence-electron chi connectivity index (χ1n) is 5.98. The summed E-state index contributed by atoms with van der Waals surface area (Å²) < 4.78 is 10.5. The maximum absolute atomic E-state index is 11.8. The molecule has 1 aliphatic heterocycles. The molecule has 1 heterocycles. The first-order valence-corrected chi connectivity index (χ1v) is 5.98. The van der Waals surface area contributed by atoms with Gasteiger partial charge in [-0.1, -0.05) is 0 Å². The van der Waals surface area contributed by atoms with Crippen molar-refractivity contribution in [3.63, 3.8) is 0 Å². The number of hydrogen-bond acceptors (Lipinski definition) is 5. The van der Waals surface area contributed by atoms with Crippen LogP contribution in [0.4, 0.5) is 4.79 Å². The highest BCUT2D eigenvalue weighted by atomic mass is 16.5. The van der Waals surface area contributed by atoms with E-state index in [-0.39, 0.29) is 6.54 Å². The van der Waals surface area contributed by atoms with E-state index < -0.39 is 36.7 Å². The molecule has 0 radical (unpaired) electrons. The molecule has 9 nitrogen and oxygen atoms in total. The molecule has 1 aliphatic rings. The zero-order chi connectivity index (χ0) is 15.2. The SMILES string of the molecule is COC1(CNC(=O)N(CC(=O)O)CC(=O)O)CCOC1. The van der Waals surface area contributed by atoms with Gasteiger partial charge in [0, 0.05) is 20.1 Å². The molecule has 1 atom stereocenters. The van der Waals surface area contributed by atoms with Crippen molar-refractivity contribution in [1.82, 2.24) is 10.2 Å². The normalized spacial score (nSPS) is 21.4. The average molecular weight is 290 g/mol. The summed E-state index contributed by atoms with van der Waals surface area (Å²) in [7, 11) is 1.49. The number of amides is 2. The molecule has 20 heavy (non-hydrogen) atoms. The van der Waals surface area contributed by atoms with Crippen molar-refractivity contribution in [2.24, 2.45) is 0 Å². The van der Waals surface area contributed by atoms with Crippen molar-refractivity contribution in [3.8, 4) is 0 Å². The van der Waals surface area contributed by atoms with E-state index in [9.17, 15) is 14.4 Å². The molecule has 0 bridgehead atoms. The predicted octanol–water partition coefficient (Wildman–Crippen LogP) is -1.03. The van der Waals surface area contributed by atoms with E-state index in [2.05, 4.69) is 5.32 Å². The van der Waals surface area contributed by atoms with Crippen LogP contribution in [0.2, 0.25) is 0 Å². The molecular formula is C11H18N2O7. The van der Waals surface area contributed by atoms with Gasteiger partial charge in [0.25, 0.3) is 0 Å². The number of urea groups is 1. The number of ether oxygens (including phenoxy) is 2. The van der Waals surface area contributed by atoms with E-state index in [1.165, 1.54) is 7.11 Å². The summed E-state index contributed by atoms with van der Waals surface area (Å²) in [6, 6.07) is -0.766. The van der Waals surface area contributed by atoms with Crippen LogP contribution < -0.4 is 5.32 Å². The summed E-state index contributed by atoms with van der Waals surface area (Å²) in [4.78, 5) is 33.8. The van der Waals surface area contributed by atoms with E-state index in [0.717, 1.165) is 0 Å². The van der Waals surface area contributed by atoms with Gasteiger partial charge in [-0.05, 0) is 0 Å². The van der Waals surface area contributed by atoms with Gasteiger partial charge in [-0.25, -0.2) is 4.79 Å². The third-order valence-electron chi connectivity index (χ3n) is 3.00. The molecular weight excluding hydrogens is 272 g/mol. The Kier molecular flexibility index (Phi) is 5.71. The van der Waals surface area contributed by atoms with Crippen molar-refractivity contribution < 1.29 is 34.1 Å². The molecule has 0 saturated carbocycles. The van der Waals surface area contributed by atoms with E-state index in [1.807, 2.05) is 0 Å². The molecule has 0 aliphatic carbocycles. The molecule has 1 unspecified atom stereocenters. The first-order chi connectivity index (χ1) is 9.38. The van der Waals surface area contributed by atoms with Crippen LogP contribution in [-0.2, 0) is 19.1 Å². The number of nitrogens with zero attached hydrogens (tertiary/aromatic N) is 1. The lowest BCUT2D eigenvalue weighted by Crippen LogP contribution is -2.51. The van der Waals surface area contributed by atoms with Gasteiger partial charge < -0.3 is 29.9 Å². The zero-order valence-electron chi connectivity index (χ0n) is 11.1. The van der Waals surface area contributed by atoms with Crippen LogP contribution in [0.5, 0.6) is 0 Å². The van der Waals surface area contributed by atoms with Crippen LogP contribution in [0.3, 0.4) is 0 Å². The fourth-order valence-electron chi connectivity index (χ4n) is 1.84. The Morgan fingerprint density at radius 1 is 1.30 bits per heavy atom.